The van der Waals surface area contributed by atoms with Gasteiger partial charge >= 0.3 is 5.97 Å². The number of carbonyl (C=O) groups is 1. The van der Waals surface area contributed by atoms with Crippen LogP contribution in [-0.4, -0.2) is 21.4 Å². The molecule has 0 aliphatic carbocycles. The van der Waals surface area contributed by atoms with E-state index in [9.17, 15) is 4.79 Å². The molecule has 0 saturated heterocycles. The Morgan fingerprint density at radius 1 is 1.08 bits per heavy atom. The van der Waals surface area contributed by atoms with Crippen LogP contribution in [-0.2, 0) is 15.6 Å². The molecule has 24 heavy (non-hydrogen) atoms. The summed E-state index contributed by atoms with van der Waals surface area (Å²) < 4.78 is 5.62. The van der Waals surface area contributed by atoms with E-state index in [0.717, 1.165) is 16.8 Å². The van der Waals surface area contributed by atoms with Crippen molar-refractivity contribution in [3.05, 3.63) is 29.5 Å². The average molecular weight is 330 g/mol. The smallest absolute Gasteiger partial charge is 0.308 e. The Hall–Kier alpha value is -2.37. The lowest BCUT2D eigenvalue weighted by Crippen LogP contribution is -2.21. The zero-order chi connectivity index (χ0) is 18.1. The number of aromatic amines is 1. The molecule has 0 amide bonds. The van der Waals surface area contributed by atoms with Crippen molar-refractivity contribution >= 4 is 17.5 Å². The van der Waals surface area contributed by atoms with Gasteiger partial charge < -0.3 is 10.1 Å². The van der Waals surface area contributed by atoms with Gasteiger partial charge in [0.25, 0.3) is 0 Å². The van der Waals surface area contributed by atoms with Crippen LogP contribution >= 0.6 is 0 Å². The number of esters is 1. The van der Waals surface area contributed by atoms with E-state index in [1.807, 2.05) is 12.1 Å². The van der Waals surface area contributed by atoms with Crippen molar-refractivity contribution in [3.8, 4) is 5.75 Å². The van der Waals surface area contributed by atoms with Gasteiger partial charge in [0, 0.05) is 23.7 Å². The summed E-state index contributed by atoms with van der Waals surface area (Å²) in [4.78, 5) is 11.7. The van der Waals surface area contributed by atoms with E-state index in [-0.39, 0.29) is 16.8 Å². The molecule has 1 aromatic carbocycles. The lowest BCUT2D eigenvalue weighted by Gasteiger charge is -2.30. The number of benzene rings is 1. The van der Waals surface area contributed by atoms with Gasteiger partial charge in [-0.1, -0.05) is 46.8 Å². The summed E-state index contributed by atoms with van der Waals surface area (Å²) in [5.74, 6) is 0.964. The quantitative estimate of drug-likeness (QED) is 0.655. The van der Waals surface area contributed by atoms with Gasteiger partial charge in [-0.3, -0.25) is 9.89 Å². The number of nitrogens with one attached hydrogen (secondary N) is 2. The molecule has 0 saturated carbocycles. The summed E-state index contributed by atoms with van der Waals surface area (Å²) in [6, 6.07) is 4.00. The van der Waals surface area contributed by atoms with Crippen LogP contribution in [0.4, 0.5) is 11.5 Å². The first-order valence-corrected chi connectivity index (χ1v) is 7.99. The zero-order valence-corrected chi connectivity index (χ0v) is 15.4. The molecule has 6 heteroatoms. The molecule has 2 N–H and O–H groups in total. The topological polar surface area (TPSA) is 79.9 Å². The number of rotatable bonds is 3. The molecule has 0 fully saturated rings. The van der Waals surface area contributed by atoms with Gasteiger partial charge in [0.05, 0.1) is 6.20 Å². The first-order valence-electron chi connectivity index (χ1n) is 7.99. The third-order valence-electron chi connectivity index (χ3n) is 3.64. The number of anilines is 2. The maximum Gasteiger partial charge on any atom is 0.308 e. The van der Waals surface area contributed by atoms with Crippen molar-refractivity contribution < 1.29 is 9.53 Å². The fourth-order valence-corrected chi connectivity index (χ4v) is 2.48. The number of H-pyrrole nitrogens is 1. The molecule has 2 rings (SSSR count). The minimum atomic E-state index is -0.316. The van der Waals surface area contributed by atoms with Crippen LogP contribution in [0.3, 0.4) is 0 Å². The second-order valence-corrected chi connectivity index (χ2v) is 7.98. The Morgan fingerprint density at radius 3 is 2.00 bits per heavy atom. The molecule has 6 nitrogen and oxygen atoms in total. The summed E-state index contributed by atoms with van der Waals surface area (Å²) in [5, 5.41) is 13.6. The number of nitrogens with zero attached hydrogens (tertiary/aromatic N) is 2. The summed E-state index contributed by atoms with van der Waals surface area (Å²) in [6.07, 6.45) is 1.69. The SMILES string of the molecule is CC(=O)Oc1c(C(C)(C)C)cc(Nc2c[nH]nn2)cc1C(C)(C)C. The van der Waals surface area contributed by atoms with Crippen molar-refractivity contribution in [1.29, 1.82) is 0 Å². The lowest BCUT2D eigenvalue weighted by atomic mass is 9.79. The van der Waals surface area contributed by atoms with E-state index < -0.39 is 0 Å². The molecule has 130 valence electrons. The number of hydrogen-bond acceptors (Lipinski definition) is 5. The van der Waals surface area contributed by atoms with Crippen LogP contribution < -0.4 is 10.1 Å². The van der Waals surface area contributed by atoms with Crippen LogP contribution in [0.5, 0.6) is 5.75 Å². The molecular weight excluding hydrogens is 304 g/mol. The molecule has 1 heterocycles. The second-order valence-electron chi connectivity index (χ2n) is 7.98. The Bertz CT molecular complexity index is 687. The summed E-state index contributed by atoms with van der Waals surface area (Å²) in [5.41, 5.74) is 2.44. The van der Waals surface area contributed by atoms with Gasteiger partial charge in [0.1, 0.15) is 5.75 Å². The van der Waals surface area contributed by atoms with Gasteiger partial charge in [0.15, 0.2) is 5.82 Å². The summed E-state index contributed by atoms with van der Waals surface area (Å²) in [7, 11) is 0. The normalized spacial score (nSPS) is 12.1. The summed E-state index contributed by atoms with van der Waals surface area (Å²) in [6.45, 7) is 14.0. The molecule has 0 unspecified atom stereocenters. The number of carbonyl (C=O) groups excluding carboxylic acids is 1. The zero-order valence-electron chi connectivity index (χ0n) is 15.4. The maximum atomic E-state index is 11.7. The Kier molecular flexibility index (Phi) is 4.69. The second kappa shape index (κ2) is 6.26. The summed E-state index contributed by atoms with van der Waals surface area (Å²) >= 11 is 0. The van der Waals surface area contributed by atoms with E-state index in [1.54, 1.807) is 6.20 Å². The van der Waals surface area contributed by atoms with Gasteiger partial charge in [-0.05, 0) is 23.0 Å². The molecule has 0 aliphatic rings. The largest absolute Gasteiger partial charge is 0.426 e. The Balaban J connectivity index is 2.66. The highest BCUT2D eigenvalue weighted by Gasteiger charge is 2.29. The van der Waals surface area contributed by atoms with Crippen molar-refractivity contribution in [2.24, 2.45) is 0 Å². The molecule has 0 radical (unpaired) electrons. The third kappa shape index (κ3) is 4.13. The average Bonchev–Trinajstić information content (AvgIpc) is 2.89. The number of ether oxygens (including phenoxy) is 1. The van der Waals surface area contributed by atoms with E-state index in [1.165, 1.54) is 6.92 Å². The van der Waals surface area contributed by atoms with Crippen LogP contribution in [0.1, 0.15) is 59.6 Å². The fraction of sp³-hybridized carbons (Fsp3) is 0.500. The van der Waals surface area contributed by atoms with Crippen molar-refractivity contribution in [3.63, 3.8) is 0 Å². The predicted octanol–water partition coefficient (Wildman–Crippen LogP) is 4.07. The van der Waals surface area contributed by atoms with E-state index in [0.29, 0.717) is 11.6 Å². The van der Waals surface area contributed by atoms with E-state index in [4.69, 9.17) is 4.74 Å². The van der Waals surface area contributed by atoms with Gasteiger partial charge in [-0.25, -0.2) is 0 Å². The van der Waals surface area contributed by atoms with Crippen LogP contribution in [0, 0.1) is 0 Å². The van der Waals surface area contributed by atoms with E-state index >= 15 is 0 Å². The Morgan fingerprint density at radius 2 is 1.62 bits per heavy atom. The number of hydrogen-bond donors (Lipinski definition) is 2. The predicted molar refractivity (Wildman–Crippen MR) is 94.8 cm³/mol. The third-order valence-corrected chi connectivity index (χ3v) is 3.64. The highest BCUT2D eigenvalue weighted by atomic mass is 16.5. The van der Waals surface area contributed by atoms with Crippen molar-refractivity contribution in [2.75, 3.05) is 5.32 Å². The molecule has 2 aromatic rings. The van der Waals surface area contributed by atoms with Crippen LogP contribution in [0.25, 0.3) is 0 Å². The minimum Gasteiger partial charge on any atom is -0.426 e. The molecule has 1 aromatic heterocycles. The number of aromatic nitrogens is 3. The highest BCUT2D eigenvalue weighted by Crippen LogP contribution is 2.42. The van der Waals surface area contributed by atoms with Crippen molar-refractivity contribution in [1.82, 2.24) is 15.4 Å². The first kappa shape index (κ1) is 18.0. The minimum absolute atomic E-state index is 0.188. The molecule has 0 aliphatic heterocycles. The van der Waals surface area contributed by atoms with Gasteiger partial charge in [-0.2, -0.15) is 0 Å². The fourth-order valence-electron chi connectivity index (χ4n) is 2.48. The molecular formula is C18H26N4O2. The highest BCUT2D eigenvalue weighted by molar-refractivity contribution is 5.73. The lowest BCUT2D eigenvalue weighted by molar-refractivity contribution is -0.132. The van der Waals surface area contributed by atoms with E-state index in [2.05, 4.69) is 62.3 Å². The Labute approximate surface area is 143 Å². The first-order chi connectivity index (χ1) is 11.0. The van der Waals surface area contributed by atoms with Gasteiger partial charge in [0.2, 0.25) is 0 Å². The molecule has 0 bridgehead atoms. The monoisotopic (exact) mass is 330 g/mol. The van der Waals surface area contributed by atoms with Gasteiger partial charge in [-0.15, -0.1) is 5.10 Å². The molecule has 0 spiro atoms. The molecule has 0 atom stereocenters. The standard InChI is InChI=1S/C18H26N4O2/c1-11(23)24-16-13(17(2,3)4)8-12(9-14(16)18(5,6)7)20-15-10-19-22-21-15/h8-10H,1-7H3,(H2,19,20,21,22). The van der Waals surface area contributed by atoms with Crippen molar-refractivity contribution in [2.45, 2.75) is 59.3 Å². The maximum absolute atomic E-state index is 11.7. The van der Waals surface area contributed by atoms with Crippen LogP contribution in [0.2, 0.25) is 0 Å². The van der Waals surface area contributed by atoms with Crippen LogP contribution in [0.15, 0.2) is 18.3 Å².